The summed E-state index contributed by atoms with van der Waals surface area (Å²) in [6, 6.07) is 5.07. The summed E-state index contributed by atoms with van der Waals surface area (Å²) in [6.45, 7) is 2.62. The number of halogens is 1. The fourth-order valence-electron chi connectivity index (χ4n) is 1.88. The van der Waals surface area contributed by atoms with Gasteiger partial charge in [0.25, 0.3) is 5.69 Å². The number of nitro groups is 1. The van der Waals surface area contributed by atoms with Crippen LogP contribution in [0.15, 0.2) is 28.1 Å². The Hall–Kier alpha value is -1.47. The average Bonchev–Trinajstić information content (AvgIpc) is 2.86. The van der Waals surface area contributed by atoms with Crippen LogP contribution in [0.4, 0.5) is 11.4 Å². The SMILES string of the molecule is CCc1nc(CN(C)c2ccc(Br)cc2[N+](=O)[O-])cs1. The Balaban J connectivity index is 2.24. The second-order valence-corrected chi connectivity index (χ2v) is 6.19. The van der Waals surface area contributed by atoms with E-state index >= 15 is 0 Å². The molecule has 5 nitrogen and oxygen atoms in total. The molecule has 7 heteroatoms. The smallest absolute Gasteiger partial charge is 0.293 e. The molecule has 0 bridgehead atoms. The zero-order valence-corrected chi connectivity index (χ0v) is 13.6. The highest BCUT2D eigenvalue weighted by Gasteiger charge is 2.18. The molecule has 106 valence electrons. The van der Waals surface area contributed by atoms with E-state index < -0.39 is 0 Å². The van der Waals surface area contributed by atoms with Crippen LogP contribution in [-0.4, -0.2) is 17.0 Å². The molecule has 2 rings (SSSR count). The van der Waals surface area contributed by atoms with Crippen LogP contribution in [0.25, 0.3) is 0 Å². The molecule has 0 N–H and O–H groups in total. The molecule has 2 aromatic rings. The lowest BCUT2D eigenvalue weighted by molar-refractivity contribution is -0.384. The van der Waals surface area contributed by atoms with Gasteiger partial charge in [-0.15, -0.1) is 11.3 Å². The lowest BCUT2D eigenvalue weighted by atomic mass is 10.2. The number of aromatic nitrogens is 1. The molecule has 0 spiro atoms. The molecule has 20 heavy (non-hydrogen) atoms. The molecule has 0 radical (unpaired) electrons. The molecule has 1 aromatic heterocycles. The van der Waals surface area contributed by atoms with Gasteiger partial charge in [-0.1, -0.05) is 22.9 Å². The van der Waals surface area contributed by atoms with Crippen molar-refractivity contribution in [3.8, 4) is 0 Å². The number of hydrogen-bond acceptors (Lipinski definition) is 5. The second kappa shape index (κ2) is 6.32. The minimum absolute atomic E-state index is 0.0906. The van der Waals surface area contributed by atoms with Crippen molar-refractivity contribution in [3.05, 3.63) is 48.9 Å². The van der Waals surface area contributed by atoms with E-state index in [4.69, 9.17) is 0 Å². The normalized spacial score (nSPS) is 10.6. The van der Waals surface area contributed by atoms with Crippen LogP contribution in [0.1, 0.15) is 17.6 Å². The van der Waals surface area contributed by atoms with E-state index in [1.807, 2.05) is 17.3 Å². The average molecular weight is 356 g/mol. The Labute approximate surface area is 129 Å². The zero-order valence-electron chi connectivity index (χ0n) is 11.2. The van der Waals surface area contributed by atoms with E-state index in [1.165, 1.54) is 6.07 Å². The number of nitrogens with zero attached hydrogens (tertiary/aromatic N) is 3. The molecular formula is C13H14BrN3O2S. The number of benzene rings is 1. The van der Waals surface area contributed by atoms with Crippen LogP contribution in [0.5, 0.6) is 0 Å². The van der Waals surface area contributed by atoms with Crippen molar-refractivity contribution < 1.29 is 4.92 Å². The Bertz CT molecular complexity index is 630. The quantitative estimate of drug-likeness (QED) is 0.600. The maximum Gasteiger partial charge on any atom is 0.293 e. The van der Waals surface area contributed by atoms with Gasteiger partial charge in [0.2, 0.25) is 0 Å². The molecule has 0 unspecified atom stereocenters. The summed E-state index contributed by atoms with van der Waals surface area (Å²) in [7, 11) is 1.83. The van der Waals surface area contributed by atoms with E-state index in [1.54, 1.807) is 23.5 Å². The van der Waals surface area contributed by atoms with Crippen LogP contribution in [-0.2, 0) is 13.0 Å². The largest absolute Gasteiger partial charge is 0.363 e. The van der Waals surface area contributed by atoms with Gasteiger partial charge in [0.15, 0.2) is 0 Å². The molecule has 0 aliphatic carbocycles. The second-order valence-electron chi connectivity index (χ2n) is 4.33. The van der Waals surface area contributed by atoms with Gasteiger partial charge in [-0.2, -0.15) is 0 Å². The predicted octanol–water partition coefficient (Wildman–Crippen LogP) is 4.01. The number of aryl methyl sites for hydroxylation is 1. The lowest BCUT2D eigenvalue weighted by Gasteiger charge is -2.18. The first kappa shape index (κ1) is 14.9. The summed E-state index contributed by atoms with van der Waals surface area (Å²) in [5, 5.41) is 14.2. The summed E-state index contributed by atoms with van der Waals surface area (Å²) >= 11 is 4.88. The zero-order chi connectivity index (χ0) is 14.7. The first-order valence-electron chi connectivity index (χ1n) is 6.09. The first-order valence-corrected chi connectivity index (χ1v) is 7.77. The first-order chi connectivity index (χ1) is 9.51. The molecule has 0 aliphatic heterocycles. The monoisotopic (exact) mass is 355 g/mol. The van der Waals surface area contributed by atoms with E-state index in [2.05, 4.69) is 27.8 Å². The molecule has 0 atom stereocenters. The highest BCUT2D eigenvalue weighted by Crippen LogP contribution is 2.31. The van der Waals surface area contributed by atoms with Crippen molar-refractivity contribution >= 4 is 38.6 Å². The van der Waals surface area contributed by atoms with Crippen molar-refractivity contribution in [2.75, 3.05) is 11.9 Å². The van der Waals surface area contributed by atoms with Gasteiger partial charge < -0.3 is 4.90 Å². The van der Waals surface area contributed by atoms with Crippen LogP contribution < -0.4 is 4.90 Å². The van der Waals surface area contributed by atoms with Gasteiger partial charge in [-0.05, 0) is 18.6 Å². The number of nitro benzene ring substituents is 1. The molecular weight excluding hydrogens is 342 g/mol. The van der Waals surface area contributed by atoms with E-state index in [0.717, 1.165) is 17.1 Å². The predicted molar refractivity (Wildman–Crippen MR) is 84.4 cm³/mol. The van der Waals surface area contributed by atoms with E-state index in [-0.39, 0.29) is 10.6 Å². The molecule has 0 amide bonds. The Kier molecular flexibility index (Phi) is 4.72. The van der Waals surface area contributed by atoms with Gasteiger partial charge in [-0.3, -0.25) is 10.1 Å². The summed E-state index contributed by atoms with van der Waals surface area (Å²) in [4.78, 5) is 17.1. The molecule has 0 saturated carbocycles. The maximum absolute atomic E-state index is 11.1. The number of hydrogen-bond donors (Lipinski definition) is 0. The fourth-order valence-corrected chi connectivity index (χ4v) is 2.96. The number of rotatable bonds is 5. The van der Waals surface area contributed by atoms with E-state index in [0.29, 0.717) is 16.7 Å². The van der Waals surface area contributed by atoms with Crippen LogP contribution >= 0.6 is 27.3 Å². The topological polar surface area (TPSA) is 59.3 Å². The fraction of sp³-hybridized carbons (Fsp3) is 0.308. The summed E-state index contributed by atoms with van der Waals surface area (Å²) in [6.07, 6.45) is 0.910. The molecule has 0 fully saturated rings. The number of anilines is 1. The third kappa shape index (κ3) is 3.34. The Morgan fingerprint density at radius 1 is 1.50 bits per heavy atom. The standard InChI is InChI=1S/C13H14BrN3O2S/c1-3-13-15-10(8-20-13)7-16(2)11-5-4-9(14)6-12(11)17(18)19/h4-6,8H,3,7H2,1-2H3. The van der Waals surface area contributed by atoms with Crippen molar-refractivity contribution in [2.24, 2.45) is 0 Å². The van der Waals surface area contributed by atoms with Crippen LogP contribution in [0, 0.1) is 10.1 Å². The van der Waals surface area contributed by atoms with Crippen LogP contribution in [0.2, 0.25) is 0 Å². The summed E-state index contributed by atoms with van der Waals surface area (Å²) in [5.74, 6) is 0. The van der Waals surface area contributed by atoms with E-state index in [9.17, 15) is 10.1 Å². The van der Waals surface area contributed by atoms with Gasteiger partial charge in [0, 0.05) is 23.0 Å². The van der Waals surface area contributed by atoms with Crippen LogP contribution in [0.3, 0.4) is 0 Å². The summed E-state index contributed by atoms with van der Waals surface area (Å²) < 4.78 is 0.697. The molecule has 1 aromatic carbocycles. The third-order valence-corrected chi connectivity index (χ3v) is 4.38. The number of thiazole rings is 1. The van der Waals surface area contributed by atoms with Crippen molar-refractivity contribution in [3.63, 3.8) is 0 Å². The van der Waals surface area contributed by atoms with Gasteiger partial charge >= 0.3 is 0 Å². The van der Waals surface area contributed by atoms with Crippen molar-refractivity contribution in [2.45, 2.75) is 19.9 Å². The van der Waals surface area contributed by atoms with Gasteiger partial charge in [0.1, 0.15) is 5.69 Å². The third-order valence-electron chi connectivity index (χ3n) is 2.85. The lowest BCUT2D eigenvalue weighted by Crippen LogP contribution is -2.18. The molecule has 0 saturated heterocycles. The van der Waals surface area contributed by atoms with Gasteiger partial charge in [0.05, 0.1) is 22.2 Å². The molecule has 1 heterocycles. The van der Waals surface area contributed by atoms with Crippen molar-refractivity contribution in [1.82, 2.24) is 4.98 Å². The summed E-state index contributed by atoms with van der Waals surface area (Å²) in [5.41, 5.74) is 1.61. The van der Waals surface area contributed by atoms with Gasteiger partial charge in [-0.25, -0.2) is 4.98 Å². The Morgan fingerprint density at radius 3 is 2.85 bits per heavy atom. The highest BCUT2D eigenvalue weighted by molar-refractivity contribution is 9.10. The molecule has 0 aliphatic rings. The highest BCUT2D eigenvalue weighted by atomic mass is 79.9. The van der Waals surface area contributed by atoms with Crippen molar-refractivity contribution in [1.29, 1.82) is 0 Å². The minimum atomic E-state index is -0.366. The maximum atomic E-state index is 11.1. The Morgan fingerprint density at radius 2 is 2.25 bits per heavy atom. The minimum Gasteiger partial charge on any atom is -0.363 e.